The minimum Gasteiger partial charge on any atom is -0.333 e. The molecule has 5 nitrogen and oxygen atoms in total. The van der Waals surface area contributed by atoms with Gasteiger partial charge in [-0.25, -0.2) is 17.9 Å². The van der Waals surface area contributed by atoms with Crippen molar-refractivity contribution in [3.8, 4) is 0 Å². The summed E-state index contributed by atoms with van der Waals surface area (Å²) in [7, 11) is -3.42. The lowest BCUT2D eigenvalue weighted by molar-refractivity contribution is 0.237. The van der Waals surface area contributed by atoms with Crippen LogP contribution in [0.5, 0.6) is 0 Å². The van der Waals surface area contributed by atoms with Crippen molar-refractivity contribution < 1.29 is 13.2 Å². The topological polar surface area (TPSA) is 75.3 Å². The van der Waals surface area contributed by atoms with Crippen LogP contribution in [0.3, 0.4) is 0 Å². The van der Waals surface area contributed by atoms with Crippen LogP contribution in [0.15, 0.2) is 0 Å². The maximum atomic E-state index is 11.3. The summed E-state index contributed by atoms with van der Waals surface area (Å²) in [6, 6.07) is -0.649. The van der Waals surface area contributed by atoms with Gasteiger partial charge in [0.05, 0.1) is 5.25 Å². The van der Waals surface area contributed by atoms with Crippen LogP contribution in [0.1, 0.15) is 33.6 Å². The Bertz CT molecular complexity index is 325. The van der Waals surface area contributed by atoms with E-state index >= 15 is 0 Å². The highest BCUT2D eigenvalue weighted by molar-refractivity contribution is 7.90. The van der Waals surface area contributed by atoms with Gasteiger partial charge in [0.25, 0.3) is 0 Å². The summed E-state index contributed by atoms with van der Waals surface area (Å²) < 4.78 is 24.6. The Morgan fingerprint density at radius 3 is 2.14 bits per heavy atom. The van der Waals surface area contributed by atoms with Gasteiger partial charge in [-0.1, -0.05) is 0 Å². The summed E-state index contributed by atoms with van der Waals surface area (Å²) in [5.74, 6) is 0. The summed E-state index contributed by atoms with van der Waals surface area (Å²) in [6.07, 6.45) is 1.30. The highest BCUT2D eigenvalue weighted by atomic mass is 32.2. The number of hydrogen-bond acceptors (Lipinski definition) is 3. The van der Waals surface area contributed by atoms with Crippen LogP contribution in [-0.2, 0) is 10.0 Å². The van der Waals surface area contributed by atoms with Crippen LogP contribution < -0.4 is 10.0 Å². The van der Waals surface area contributed by atoms with Crippen molar-refractivity contribution in [2.75, 3.05) is 0 Å². The highest BCUT2D eigenvalue weighted by Crippen LogP contribution is 2.27. The van der Waals surface area contributed by atoms with Crippen molar-refractivity contribution in [1.82, 2.24) is 10.0 Å². The third kappa shape index (κ3) is 3.53. The smallest absolute Gasteiger partial charge is 0.328 e. The fourth-order valence-corrected chi connectivity index (χ4v) is 2.19. The minimum atomic E-state index is -3.42. The second kappa shape index (κ2) is 3.42. The Kier molecular flexibility index (Phi) is 2.76. The summed E-state index contributed by atoms with van der Waals surface area (Å²) in [5, 5.41) is 2.16. The van der Waals surface area contributed by atoms with Crippen molar-refractivity contribution in [2.45, 2.75) is 44.4 Å². The number of carbonyl (C=O) groups is 1. The van der Waals surface area contributed by atoms with Crippen molar-refractivity contribution in [1.29, 1.82) is 0 Å². The largest absolute Gasteiger partial charge is 0.333 e. The van der Waals surface area contributed by atoms with Gasteiger partial charge in [0.2, 0.25) is 10.0 Å². The molecule has 0 aromatic rings. The lowest BCUT2D eigenvalue weighted by Crippen LogP contribution is -2.48. The summed E-state index contributed by atoms with van der Waals surface area (Å²) in [4.78, 5) is 11.2. The highest BCUT2D eigenvalue weighted by Gasteiger charge is 2.37. The molecule has 0 unspecified atom stereocenters. The molecule has 2 N–H and O–H groups in total. The molecular weight excluding hydrogens is 204 g/mol. The molecule has 1 rings (SSSR count). The standard InChI is InChI=1S/C8H16N2O3S/c1-8(2,3)9-7(11)10-14(12,13)6-4-5-6/h6H,4-5H2,1-3H3,(H2,9,10,11). The average molecular weight is 220 g/mol. The minimum absolute atomic E-state index is 0.367. The molecule has 0 aromatic heterocycles. The Morgan fingerprint density at radius 2 is 1.79 bits per heavy atom. The first-order chi connectivity index (χ1) is 6.21. The summed E-state index contributed by atoms with van der Waals surface area (Å²) >= 11 is 0. The van der Waals surface area contributed by atoms with E-state index in [0.717, 1.165) is 0 Å². The van der Waals surface area contributed by atoms with Gasteiger partial charge in [-0.15, -0.1) is 0 Å². The van der Waals surface area contributed by atoms with Gasteiger partial charge in [-0.2, -0.15) is 0 Å². The van der Waals surface area contributed by atoms with Crippen LogP contribution in [-0.4, -0.2) is 25.2 Å². The Labute approximate surface area is 84.3 Å². The molecule has 1 fully saturated rings. The molecule has 0 aromatic carbocycles. The number of hydrogen-bond donors (Lipinski definition) is 2. The van der Waals surface area contributed by atoms with E-state index in [2.05, 4.69) is 5.32 Å². The summed E-state index contributed by atoms with van der Waals surface area (Å²) in [5.41, 5.74) is -0.427. The Balaban J connectivity index is 2.48. The van der Waals surface area contributed by atoms with Gasteiger partial charge in [0, 0.05) is 5.54 Å². The van der Waals surface area contributed by atoms with Crippen LogP contribution in [0.4, 0.5) is 4.79 Å². The number of nitrogens with one attached hydrogen (secondary N) is 2. The fourth-order valence-electron chi connectivity index (χ4n) is 0.957. The maximum absolute atomic E-state index is 11.3. The molecule has 0 heterocycles. The zero-order valence-electron chi connectivity index (χ0n) is 8.62. The molecule has 1 saturated carbocycles. The molecule has 0 atom stereocenters. The number of urea groups is 1. The van der Waals surface area contributed by atoms with Crippen molar-refractivity contribution in [3.63, 3.8) is 0 Å². The molecule has 0 aliphatic heterocycles. The van der Waals surface area contributed by atoms with Gasteiger partial charge in [0.1, 0.15) is 0 Å². The van der Waals surface area contributed by atoms with Gasteiger partial charge < -0.3 is 5.32 Å². The molecule has 14 heavy (non-hydrogen) atoms. The molecule has 0 spiro atoms. The van der Waals surface area contributed by atoms with Crippen LogP contribution in [0.25, 0.3) is 0 Å². The molecule has 0 radical (unpaired) electrons. The van der Waals surface area contributed by atoms with E-state index in [1.165, 1.54) is 0 Å². The van der Waals surface area contributed by atoms with E-state index in [-0.39, 0.29) is 5.25 Å². The SMILES string of the molecule is CC(C)(C)NC(=O)NS(=O)(=O)C1CC1. The number of amides is 2. The zero-order chi connectivity index (χ0) is 11.0. The Hall–Kier alpha value is -0.780. The van der Waals surface area contributed by atoms with E-state index in [9.17, 15) is 13.2 Å². The van der Waals surface area contributed by atoms with E-state index in [1.807, 2.05) is 4.72 Å². The first kappa shape index (κ1) is 11.3. The molecule has 1 aliphatic rings. The van der Waals surface area contributed by atoms with E-state index in [4.69, 9.17) is 0 Å². The first-order valence-electron chi connectivity index (χ1n) is 4.54. The molecule has 0 bridgehead atoms. The van der Waals surface area contributed by atoms with Crippen LogP contribution in [0.2, 0.25) is 0 Å². The fraction of sp³-hybridized carbons (Fsp3) is 0.875. The third-order valence-corrected chi connectivity index (χ3v) is 3.51. The van der Waals surface area contributed by atoms with Crippen molar-refractivity contribution in [2.24, 2.45) is 0 Å². The average Bonchev–Trinajstić information content (AvgIpc) is 2.57. The quantitative estimate of drug-likeness (QED) is 0.714. The summed E-state index contributed by atoms with van der Waals surface area (Å²) in [6.45, 7) is 5.36. The number of carbonyl (C=O) groups excluding carboxylic acids is 1. The molecule has 1 aliphatic carbocycles. The molecule has 6 heteroatoms. The number of sulfonamides is 1. The van der Waals surface area contributed by atoms with Gasteiger partial charge in [-0.05, 0) is 33.6 Å². The number of rotatable bonds is 2. The van der Waals surface area contributed by atoms with Gasteiger partial charge in [-0.3, -0.25) is 0 Å². The normalized spacial score (nSPS) is 17.6. The predicted molar refractivity (Wildman–Crippen MR) is 53.4 cm³/mol. The first-order valence-corrected chi connectivity index (χ1v) is 6.09. The van der Waals surface area contributed by atoms with Crippen molar-refractivity contribution in [3.05, 3.63) is 0 Å². The predicted octanol–water partition coefficient (Wildman–Crippen LogP) is 0.576. The van der Waals surface area contributed by atoms with Gasteiger partial charge in [0.15, 0.2) is 0 Å². The van der Waals surface area contributed by atoms with Crippen LogP contribution in [0, 0.1) is 0 Å². The van der Waals surface area contributed by atoms with E-state index in [0.29, 0.717) is 12.8 Å². The van der Waals surface area contributed by atoms with E-state index < -0.39 is 21.6 Å². The second-order valence-electron chi connectivity index (χ2n) is 4.55. The van der Waals surface area contributed by atoms with Crippen LogP contribution >= 0.6 is 0 Å². The third-order valence-electron chi connectivity index (χ3n) is 1.69. The zero-order valence-corrected chi connectivity index (χ0v) is 9.44. The lowest BCUT2D eigenvalue weighted by Gasteiger charge is -2.20. The molecular formula is C8H16N2O3S. The second-order valence-corrected chi connectivity index (χ2v) is 6.51. The molecule has 2 amide bonds. The Morgan fingerprint density at radius 1 is 1.29 bits per heavy atom. The monoisotopic (exact) mass is 220 g/mol. The lowest BCUT2D eigenvalue weighted by atomic mass is 10.1. The van der Waals surface area contributed by atoms with Crippen molar-refractivity contribution >= 4 is 16.1 Å². The maximum Gasteiger partial charge on any atom is 0.328 e. The van der Waals surface area contributed by atoms with E-state index in [1.54, 1.807) is 20.8 Å². The molecule has 82 valence electrons. The molecule has 0 saturated heterocycles. The van der Waals surface area contributed by atoms with Gasteiger partial charge >= 0.3 is 6.03 Å².